The number of unbranched alkanes of at least 4 members (excludes halogenated alkanes) is 1. The van der Waals surface area contributed by atoms with E-state index in [1.807, 2.05) is 4.57 Å². The summed E-state index contributed by atoms with van der Waals surface area (Å²) in [5.41, 5.74) is 7.21. The monoisotopic (exact) mass is 321 g/mol. The summed E-state index contributed by atoms with van der Waals surface area (Å²) < 4.78 is 18.4. The van der Waals surface area contributed by atoms with Gasteiger partial charge in [-0.05, 0) is 12.8 Å². The molecular weight excluding hydrogens is 298 g/mol. The Kier molecular flexibility index (Phi) is 4.80. The second kappa shape index (κ2) is 6.99. The molecule has 1 atom stereocenters. The van der Waals surface area contributed by atoms with Gasteiger partial charge in [-0.15, -0.1) is 0 Å². The van der Waals surface area contributed by atoms with E-state index >= 15 is 0 Å². The molecule has 3 rings (SSSR count). The summed E-state index contributed by atoms with van der Waals surface area (Å²) in [7, 11) is 1.59. The van der Waals surface area contributed by atoms with Gasteiger partial charge < -0.3 is 19.9 Å². The van der Waals surface area contributed by atoms with Gasteiger partial charge in [0, 0.05) is 19.1 Å². The standard InChI is InChI=1S/C15H23N5O3/c1-3-4-6-23-14-18-12(16)11-13(19-14)20(15(17-11)21-2)8-10-5-7-22-9-10/h10H,3-9H2,1-2H3,(H2,16,18,19). The van der Waals surface area contributed by atoms with E-state index in [2.05, 4.69) is 21.9 Å². The van der Waals surface area contributed by atoms with Crippen molar-refractivity contribution in [3.8, 4) is 12.0 Å². The first kappa shape index (κ1) is 15.8. The van der Waals surface area contributed by atoms with E-state index < -0.39 is 0 Å². The molecule has 1 aliphatic heterocycles. The Bertz CT molecular complexity index is 667. The highest BCUT2D eigenvalue weighted by Gasteiger charge is 2.23. The topological polar surface area (TPSA) is 97.3 Å². The van der Waals surface area contributed by atoms with Crippen LogP contribution in [0, 0.1) is 5.92 Å². The van der Waals surface area contributed by atoms with Crippen molar-refractivity contribution in [2.75, 3.05) is 32.7 Å². The number of rotatable bonds is 7. The Labute approximate surface area is 135 Å². The number of methoxy groups -OCH3 is 1. The molecule has 23 heavy (non-hydrogen) atoms. The fourth-order valence-corrected chi connectivity index (χ4v) is 2.66. The first-order valence-corrected chi connectivity index (χ1v) is 8.01. The molecule has 3 heterocycles. The molecule has 1 aliphatic rings. The fourth-order valence-electron chi connectivity index (χ4n) is 2.66. The van der Waals surface area contributed by atoms with Gasteiger partial charge in [-0.25, -0.2) is 0 Å². The number of hydrogen-bond donors (Lipinski definition) is 1. The normalized spacial score (nSPS) is 17.7. The zero-order valence-corrected chi connectivity index (χ0v) is 13.6. The molecule has 1 fully saturated rings. The van der Waals surface area contributed by atoms with Crippen molar-refractivity contribution in [1.29, 1.82) is 0 Å². The van der Waals surface area contributed by atoms with Crippen LogP contribution in [0.3, 0.4) is 0 Å². The summed E-state index contributed by atoms with van der Waals surface area (Å²) in [5, 5.41) is 0. The Morgan fingerprint density at radius 3 is 2.91 bits per heavy atom. The minimum absolute atomic E-state index is 0.287. The second-order valence-electron chi connectivity index (χ2n) is 5.70. The van der Waals surface area contributed by atoms with Crippen LogP contribution in [0.15, 0.2) is 0 Å². The Morgan fingerprint density at radius 2 is 2.22 bits per heavy atom. The third kappa shape index (κ3) is 3.31. The Hall–Kier alpha value is -2.09. The molecule has 2 N–H and O–H groups in total. The molecule has 8 nitrogen and oxygen atoms in total. The van der Waals surface area contributed by atoms with E-state index in [9.17, 15) is 0 Å². The van der Waals surface area contributed by atoms with E-state index in [0.717, 1.165) is 39.0 Å². The maximum atomic E-state index is 6.02. The number of ether oxygens (including phenoxy) is 3. The van der Waals surface area contributed by atoms with Gasteiger partial charge >= 0.3 is 6.01 Å². The lowest BCUT2D eigenvalue weighted by molar-refractivity contribution is 0.181. The molecule has 0 aliphatic carbocycles. The largest absolute Gasteiger partial charge is 0.468 e. The third-order valence-corrected chi connectivity index (χ3v) is 3.94. The van der Waals surface area contributed by atoms with Crippen LogP contribution in [0.5, 0.6) is 12.0 Å². The van der Waals surface area contributed by atoms with E-state index in [1.54, 1.807) is 7.11 Å². The summed E-state index contributed by atoms with van der Waals surface area (Å²) >= 11 is 0. The first-order valence-electron chi connectivity index (χ1n) is 8.01. The quantitative estimate of drug-likeness (QED) is 0.774. The van der Waals surface area contributed by atoms with Crippen molar-refractivity contribution < 1.29 is 14.2 Å². The van der Waals surface area contributed by atoms with Crippen LogP contribution in [-0.4, -0.2) is 46.4 Å². The molecule has 0 bridgehead atoms. The summed E-state index contributed by atoms with van der Waals surface area (Å²) in [5.74, 6) is 0.725. The minimum atomic E-state index is 0.287. The molecule has 8 heteroatoms. The number of nitrogens with zero attached hydrogens (tertiary/aromatic N) is 4. The molecule has 1 saturated heterocycles. The van der Waals surface area contributed by atoms with Gasteiger partial charge in [0.05, 0.1) is 20.3 Å². The molecule has 0 saturated carbocycles. The highest BCUT2D eigenvalue weighted by atomic mass is 16.5. The molecule has 0 spiro atoms. The van der Waals surface area contributed by atoms with Crippen molar-refractivity contribution in [2.24, 2.45) is 5.92 Å². The number of fused-ring (bicyclic) bond motifs is 1. The van der Waals surface area contributed by atoms with E-state index in [0.29, 0.717) is 35.5 Å². The number of imidazole rings is 1. The number of nitrogen functional groups attached to an aromatic ring is 1. The van der Waals surface area contributed by atoms with Gasteiger partial charge in [0.25, 0.3) is 6.01 Å². The summed E-state index contributed by atoms with van der Waals surface area (Å²) in [6.45, 7) is 4.93. The average molecular weight is 321 g/mol. The summed E-state index contributed by atoms with van der Waals surface area (Å²) in [6, 6.07) is 0.772. The van der Waals surface area contributed by atoms with Crippen LogP contribution in [0.25, 0.3) is 11.2 Å². The Morgan fingerprint density at radius 1 is 1.35 bits per heavy atom. The minimum Gasteiger partial charge on any atom is -0.468 e. The lowest BCUT2D eigenvalue weighted by Gasteiger charge is -2.12. The SMILES string of the molecule is CCCCOc1nc(N)c2nc(OC)n(CC3CCOC3)c2n1. The number of nitrogens with two attached hydrogens (primary N) is 1. The van der Waals surface area contributed by atoms with Gasteiger partial charge in [-0.3, -0.25) is 4.57 Å². The molecule has 1 unspecified atom stereocenters. The van der Waals surface area contributed by atoms with Gasteiger partial charge in [0.1, 0.15) is 0 Å². The first-order chi connectivity index (χ1) is 11.2. The summed E-state index contributed by atoms with van der Waals surface area (Å²) in [6.07, 6.45) is 3.01. The zero-order chi connectivity index (χ0) is 16.2. The number of hydrogen-bond acceptors (Lipinski definition) is 7. The van der Waals surface area contributed by atoms with Crippen LogP contribution in [0.1, 0.15) is 26.2 Å². The van der Waals surface area contributed by atoms with Crippen LogP contribution < -0.4 is 15.2 Å². The lowest BCUT2D eigenvalue weighted by atomic mass is 10.1. The van der Waals surface area contributed by atoms with Crippen molar-refractivity contribution in [1.82, 2.24) is 19.5 Å². The van der Waals surface area contributed by atoms with Crippen LogP contribution in [0.4, 0.5) is 5.82 Å². The lowest BCUT2D eigenvalue weighted by Crippen LogP contribution is -2.13. The smallest absolute Gasteiger partial charge is 0.320 e. The van der Waals surface area contributed by atoms with Crippen LogP contribution in [-0.2, 0) is 11.3 Å². The molecule has 0 radical (unpaired) electrons. The van der Waals surface area contributed by atoms with E-state index in [1.165, 1.54) is 0 Å². The number of aromatic nitrogens is 4. The molecule has 0 amide bonds. The van der Waals surface area contributed by atoms with Gasteiger partial charge in [-0.1, -0.05) is 13.3 Å². The molecule has 2 aromatic rings. The van der Waals surface area contributed by atoms with Crippen LogP contribution >= 0.6 is 0 Å². The highest BCUT2D eigenvalue weighted by Crippen LogP contribution is 2.27. The van der Waals surface area contributed by atoms with E-state index in [4.69, 9.17) is 19.9 Å². The predicted molar refractivity (Wildman–Crippen MR) is 85.6 cm³/mol. The average Bonchev–Trinajstić information content (AvgIpc) is 3.17. The van der Waals surface area contributed by atoms with Crippen LogP contribution in [0.2, 0.25) is 0 Å². The highest BCUT2D eigenvalue weighted by molar-refractivity contribution is 5.83. The molecule has 126 valence electrons. The maximum Gasteiger partial charge on any atom is 0.320 e. The number of anilines is 1. The Balaban J connectivity index is 1.94. The maximum absolute atomic E-state index is 6.02. The fraction of sp³-hybridized carbons (Fsp3) is 0.667. The third-order valence-electron chi connectivity index (χ3n) is 3.94. The second-order valence-corrected chi connectivity index (χ2v) is 5.70. The molecular formula is C15H23N5O3. The molecule has 0 aromatic carbocycles. The van der Waals surface area contributed by atoms with Crippen molar-refractivity contribution >= 4 is 17.0 Å². The van der Waals surface area contributed by atoms with Gasteiger partial charge in [0.15, 0.2) is 17.0 Å². The molecule has 2 aromatic heterocycles. The van der Waals surface area contributed by atoms with Gasteiger partial charge in [0.2, 0.25) is 0 Å². The summed E-state index contributed by atoms with van der Waals surface area (Å²) in [4.78, 5) is 13.1. The zero-order valence-electron chi connectivity index (χ0n) is 13.6. The van der Waals surface area contributed by atoms with Crippen molar-refractivity contribution in [2.45, 2.75) is 32.7 Å². The van der Waals surface area contributed by atoms with E-state index in [-0.39, 0.29) is 6.01 Å². The van der Waals surface area contributed by atoms with Crippen molar-refractivity contribution in [3.63, 3.8) is 0 Å². The predicted octanol–water partition coefficient (Wildman–Crippen LogP) is 1.63. The van der Waals surface area contributed by atoms with Crippen molar-refractivity contribution in [3.05, 3.63) is 0 Å². The van der Waals surface area contributed by atoms with Gasteiger partial charge in [-0.2, -0.15) is 15.0 Å².